The van der Waals surface area contributed by atoms with Gasteiger partial charge in [0.15, 0.2) is 5.84 Å². The van der Waals surface area contributed by atoms with Crippen LogP contribution in [0.3, 0.4) is 0 Å². The van der Waals surface area contributed by atoms with E-state index >= 15 is 0 Å². The first-order chi connectivity index (χ1) is 14.4. The molecule has 1 saturated heterocycles. The molecule has 0 bridgehead atoms. The quantitative estimate of drug-likeness (QED) is 0.217. The van der Waals surface area contributed by atoms with E-state index in [-0.39, 0.29) is 53.6 Å². The number of hydrogen-bond acceptors (Lipinski definition) is 5. The Hall–Kier alpha value is -2.47. The molecule has 31 heavy (non-hydrogen) atoms. The van der Waals surface area contributed by atoms with E-state index in [2.05, 4.69) is 15.1 Å². The summed E-state index contributed by atoms with van der Waals surface area (Å²) in [6.07, 6.45) is -7.95. The number of amidine groups is 1. The summed E-state index contributed by atoms with van der Waals surface area (Å²) in [5.74, 6) is 0.0207. The second-order valence-electron chi connectivity index (χ2n) is 6.48. The van der Waals surface area contributed by atoms with Crippen LogP contribution < -0.4 is 4.90 Å². The van der Waals surface area contributed by atoms with E-state index in [1.54, 1.807) is 4.90 Å². The summed E-state index contributed by atoms with van der Waals surface area (Å²) >= 11 is 11.9. The molecule has 1 N–H and O–H groups in total. The van der Waals surface area contributed by atoms with Gasteiger partial charge in [-0.25, -0.2) is 4.98 Å². The molecule has 3 heterocycles. The van der Waals surface area contributed by atoms with Gasteiger partial charge in [-0.3, -0.25) is 4.98 Å². The van der Waals surface area contributed by atoms with Crippen LogP contribution in [0.25, 0.3) is 0 Å². The zero-order valence-electron chi connectivity index (χ0n) is 15.3. The van der Waals surface area contributed by atoms with E-state index in [1.165, 1.54) is 4.90 Å². The van der Waals surface area contributed by atoms with Crippen molar-refractivity contribution >= 4 is 34.9 Å². The van der Waals surface area contributed by atoms with E-state index in [0.717, 1.165) is 6.07 Å². The minimum absolute atomic E-state index is 0.134. The molecular weight excluding hydrogens is 475 g/mol. The van der Waals surface area contributed by atoms with Crippen LogP contribution in [0.15, 0.2) is 29.7 Å². The van der Waals surface area contributed by atoms with E-state index in [9.17, 15) is 31.5 Å². The van der Waals surface area contributed by atoms with Gasteiger partial charge in [-0.2, -0.15) is 26.3 Å². The molecular formula is C17H13Cl2F6N5O. The maximum absolute atomic E-state index is 12.8. The summed E-state index contributed by atoms with van der Waals surface area (Å²) < 4.78 is 76.7. The fourth-order valence-corrected chi connectivity index (χ4v) is 3.50. The third kappa shape index (κ3) is 5.06. The number of nitrogens with zero attached hydrogens (tertiary/aromatic N) is 5. The zero-order chi connectivity index (χ0) is 23.0. The van der Waals surface area contributed by atoms with E-state index in [0.29, 0.717) is 18.5 Å². The second-order valence-corrected chi connectivity index (χ2v) is 7.29. The highest BCUT2D eigenvalue weighted by molar-refractivity contribution is 6.34. The molecule has 1 fully saturated rings. The standard InChI is InChI=1S/C17H13Cl2F6N5O/c18-11-5-9(16(20,21)22)7-26-13(11)15(28-31)30-3-1-29(2-4-30)14-12(19)6-10(8-27-14)17(23,24)25/h5-8,31H,1-4H2. The lowest BCUT2D eigenvalue weighted by atomic mass is 10.2. The number of aromatic nitrogens is 2. The number of rotatable bonds is 2. The SMILES string of the molecule is ON=C(c1ncc(C(F)(F)F)cc1Cl)N1CCN(c2ncc(C(F)(F)F)cc2Cl)CC1. The summed E-state index contributed by atoms with van der Waals surface area (Å²) in [4.78, 5) is 10.6. The van der Waals surface area contributed by atoms with Crippen molar-refractivity contribution in [3.05, 3.63) is 51.4 Å². The molecule has 14 heteroatoms. The summed E-state index contributed by atoms with van der Waals surface area (Å²) in [6, 6.07) is 1.46. The lowest BCUT2D eigenvalue weighted by Crippen LogP contribution is -2.49. The van der Waals surface area contributed by atoms with Gasteiger partial charge in [0.05, 0.1) is 21.2 Å². The Balaban J connectivity index is 1.74. The van der Waals surface area contributed by atoms with Gasteiger partial charge in [0, 0.05) is 38.6 Å². The van der Waals surface area contributed by atoms with Crippen LogP contribution in [0, 0.1) is 0 Å². The number of oxime groups is 1. The predicted molar refractivity (Wildman–Crippen MR) is 101 cm³/mol. The third-order valence-corrected chi connectivity index (χ3v) is 5.07. The Morgan fingerprint density at radius 2 is 1.39 bits per heavy atom. The molecule has 2 aromatic heterocycles. The largest absolute Gasteiger partial charge is 0.417 e. The molecule has 0 aliphatic carbocycles. The van der Waals surface area contributed by atoms with Crippen LogP contribution in [0.5, 0.6) is 0 Å². The van der Waals surface area contributed by atoms with Crippen molar-refractivity contribution in [1.29, 1.82) is 0 Å². The van der Waals surface area contributed by atoms with Crippen molar-refractivity contribution in [2.45, 2.75) is 12.4 Å². The molecule has 168 valence electrons. The van der Waals surface area contributed by atoms with Gasteiger partial charge < -0.3 is 15.0 Å². The maximum atomic E-state index is 12.8. The number of anilines is 1. The van der Waals surface area contributed by atoms with Crippen molar-refractivity contribution in [1.82, 2.24) is 14.9 Å². The van der Waals surface area contributed by atoms with Crippen molar-refractivity contribution in [2.24, 2.45) is 5.16 Å². The van der Waals surface area contributed by atoms with Crippen molar-refractivity contribution in [3.63, 3.8) is 0 Å². The fraction of sp³-hybridized carbons (Fsp3) is 0.353. The molecule has 0 unspecified atom stereocenters. The Morgan fingerprint density at radius 3 is 1.84 bits per heavy atom. The minimum Gasteiger partial charge on any atom is -0.409 e. The smallest absolute Gasteiger partial charge is 0.409 e. The number of hydrogen-bond donors (Lipinski definition) is 1. The van der Waals surface area contributed by atoms with Gasteiger partial charge >= 0.3 is 12.4 Å². The molecule has 0 amide bonds. The lowest BCUT2D eigenvalue weighted by molar-refractivity contribution is -0.138. The highest BCUT2D eigenvalue weighted by atomic mass is 35.5. The molecule has 1 aliphatic rings. The molecule has 0 aromatic carbocycles. The Morgan fingerprint density at radius 1 is 0.871 bits per heavy atom. The van der Waals surface area contributed by atoms with E-state index in [4.69, 9.17) is 23.2 Å². The minimum atomic E-state index is -4.63. The number of halogens is 8. The molecule has 0 atom stereocenters. The first kappa shape index (κ1) is 23.2. The summed E-state index contributed by atoms with van der Waals surface area (Å²) in [7, 11) is 0. The van der Waals surface area contributed by atoms with Crippen molar-refractivity contribution in [3.8, 4) is 0 Å². The predicted octanol–water partition coefficient (Wildman–Crippen LogP) is 4.78. The summed E-state index contributed by atoms with van der Waals surface area (Å²) in [5, 5.41) is 12.0. The summed E-state index contributed by atoms with van der Waals surface area (Å²) in [6.45, 7) is 0.847. The highest BCUT2D eigenvalue weighted by Crippen LogP contribution is 2.34. The van der Waals surface area contributed by atoms with Crippen LogP contribution in [0.4, 0.5) is 32.2 Å². The molecule has 3 rings (SSSR count). The van der Waals surface area contributed by atoms with Gasteiger partial charge in [0.1, 0.15) is 11.5 Å². The maximum Gasteiger partial charge on any atom is 0.417 e. The van der Waals surface area contributed by atoms with Crippen LogP contribution in [0.2, 0.25) is 10.0 Å². The number of alkyl halides is 6. The normalized spacial score (nSPS) is 16.1. The third-order valence-electron chi connectivity index (χ3n) is 4.50. The van der Waals surface area contributed by atoms with Gasteiger partial charge in [-0.05, 0) is 12.1 Å². The number of pyridine rings is 2. The van der Waals surface area contributed by atoms with Gasteiger partial charge in [-0.15, -0.1) is 0 Å². The highest BCUT2D eigenvalue weighted by Gasteiger charge is 2.34. The topological polar surface area (TPSA) is 64.9 Å². The van der Waals surface area contributed by atoms with Crippen molar-refractivity contribution < 1.29 is 31.5 Å². The first-order valence-corrected chi connectivity index (χ1v) is 9.35. The molecule has 6 nitrogen and oxygen atoms in total. The molecule has 0 radical (unpaired) electrons. The Kier molecular flexibility index (Phi) is 6.42. The van der Waals surface area contributed by atoms with Crippen LogP contribution in [0.1, 0.15) is 16.8 Å². The van der Waals surface area contributed by atoms with Crippen LogP contribution in [-0.4, -0.2) is 52.1 Å². The lowest BCUT2D eigenvalue weighted by Gasteiger charge is -2.36. The van der Waals surface area contributed by atoms with Gasteiger partial charge in [-0.1, -0.05) is 28.4 Å². The first-order valence-electron chi connectivity index (χ1n) is 8.59. The zero-order valence-corrected chi connectivity index (χ0v) is 16.9. The molecule has 1 aliphatic heterocycles. The molecule has 0 saturated carbocycles. The van der Waals surface area contributed by atoms with Gasteiger partial charge in [0.25, 0.3) is 0 Å². The van der Waals surface area contributed by atoms with Crippen molar-refractivity contribution in [2.75, 3.05) is 31.1 Å². The summed E-state index contributed by atoms with van der Waals surface area (Å²) in [5.41, 5.74) is -2.17. The molecule has 2 aromatic rings. The molecule has 0 spiro atoms. The average molecular weight is 488 g/mol. The number of piperazine rings is 1. The van der Waals surface area contributed by atoms with Gasteiger partial charge in [0.2, 0.25) is 0 Å². The fourth-order valence-electron chi connectivity index (χ4n) is 2.97. The van der Waals surface area contributed by atoms with Crippen LogP contribution >= 0.6 is 23.2 Å². The Bertz CT molecular complexity index is 990. The Labute approximate surface area is 181 Å². The average Bonchev–Trinajstić information content (AvgIpc) is 2.69. The van der Waals surface area contributed by atoms with Crippen LogP contribution in [-0.2, 0) is 12.4 Å². The van der Waals surface area contributed by atoms with E-state index in [1.807, 2.05) is 0 Å². The van der Waals surface area contributed by atoms with E-state index < -0.39 is 23.5 Å². The monoisotopic (exact) mass is 487 g/mol. The second kappa shape index (κ2) is 8.58.